The van der Waals surface area contributed by atoms with Crippen molar-refractivity contribution < 1.29 is 4.79 Å². The predicted octanol–water partition coefficient (Wildman–Crippen LogP) is 3.61. The zero-order chi connectivity index (χ0) is 15.3. The summed E-state index contributed by atoms with van der Waals surface area (Å²) in [4.78, 5) is 12.0. The van der Waals surface area contributed by atoms with Crippen LogP contribution in [0.3, 0.4) is 0 Å². The fraction of sp³-hybridized carbons (Fsp3) is 0.211. The van der Waals surface area contributed by atoms with Gasteiger partial charge in [0.2, 0.25) is 0 Å². The van der Waals surface area contributed by atoms with E-state index in [1.165, 1.54) is 0 Å². The Labute approximate surface area is 126 Å². The van der Waals surface area contributed by atoms with Gasteiger partial charge >= 0.3 is 0 Å². The average molecular weight is 277 g/mol. The summed E-state index contributed by atoms with van der Waals surface area (Å²) in [6.45, 7) is 5.89. The van der Waals surface area contributed by atoms with E-state index in [0.717, 1.165) is 11.1 Å². The van der Waals surface area contributed by atoms with Gasteiger partial charge < -0.3 is 5.32 Å². The van der Waals surface area contributed by atoms with E-state index in [1.807, 2.05) is 63.2 Å². The van der Waals surface area contributed by atoms with Crippen molar-refractivity contribution in [3.05, 3.63) is 71.3 Å². The van der Waals surface area contributed by atoms with E-state index in [0.29, 0.717) is 5.56 Å². The second-order valence-corrected chi connectivity index (χ2v) is 5.90. The Kier molecular flexibility index (Phi) is 4.45. The number of carbonyl (C=O) groups is 1. The lowest BCUT2D eigenvalue weighted by atomic mass is 10.1. The highest BCUT2D eigenvalue weighted by atomic mass is 16.1. The number of benzene rings is 2. The highest BCUT2D eigenvalue weighted by Crippen LogP contribution is 2.07. The summed E-state index contributed by atoms with van der Waals surface area (Å²) in [6.07, 6.45) is 0. The maximum atomic E-state index is 12.0. The third-order valence-corrected chi connectivity index (χ3v) is 2.76. The van der Waals surface area contributed by atoms with Gasteiger partial charge in [-0.1, -0.05) is 30.0 Å². The van der Waals surface area contributed by atoms with Gasteiger partial charge in [-0.3, -0.25) is 4.79 Å². The molecule has 0 spiro atoms. The molecule has 106 valence electrons. The highest BCUT2D eigenvalue weighted by molar-refractivity contribution is 5.94. The summed E-state index contributed by atoms with van der Waals surface area (Å²) >= 11 is 0. The van der Waals surface area contributed by atoms with Crippen LogP contribution in [0.2, 0.25) is 0 Å². The van der Waals surface area contributed by atoms with Gasteiger partial charge in [-0.05, 0) is 57.2 Å². The zero-order valence-corrected chi connectivity index (χ0v) is 12.6. The first-order valence-corrected chi connectivity index (χ1v) is 6.94. The molecular weight excluding hydrogens is 258 g/mol. The van der Waals surface area contributed by atoms with Gasteiger partial charge in [0, 0.05) is 22.2 Å². The van der Waals surface area contributed by atoms with E-state index < -0.39 is 0 Å². The molecule has 21 heavy (non-hydrogen) atoms. The van der Waals surface area contributed by atoms with E-state index in [-0.39, 0.29) is 11.4 Å². The summed E-state index contributed by atoms with van der Waals surface area (Å²) in [5.74, 6) is 6.13. The molecule has 0 fully saturated rings. The van der Waals surface area contributed by atoms with Crippen LogP contribution in [0.4, 0.5) is 0 Å². The SMILES string of the molecule is CC(C)(C)NC(=O)c1ccc(C#Cc2ccccc2)cc1. The first kappa shape index (κ1) is 14.9. The molecule has 0 saturated heterocycles. The highest BCUT2D eigenvalue weighted by Gasteiger charge is 2.14. The van der Waals surface area contributed by atoms with Crippen LogP contribution in [0, 0.1) is 11.8 Å². The monoisotopic (exact) mass is 277 g/mol. The second kappa shape index (κ2) is 6.28. The van der Waals surface area contributed by atoms with E-state index in [9.17, 15) is 4.79 Å². The van der Waals surface area contributed by atoms with Crippen LogP contribution in [-0.4, -0.2) is 11.4 Å². The summed E-state index contributed by atoms with van der Waals surface area (Å²) in [5, 5.41) is 2.94. The third-order valence-electron chi connectivity index (χ3n) is 2.76. The van der Waals surface area contributed by atoms with Crippen molar-refractivity contribution in [3.63, 3.8) is 0 Å². The largest absolute Gasteiger partial charge is 0.347 e. The second-order valence-electron chi connectivity index (χ2n) is 5.90. The Morgan fingerprint density at radius 3 is 1.90 bits per heavy atom. The molecule has 0 aliphatic rings. The Hall–Kier alpha value is -2.53. The van der Waals surface area contributed by atoms with E-state index in [2.05, 4.69) is 17.2 Å². The van der Waals surface area contributed by atoms with Crippen molar-refractivity contribution in [1.29, 1.82) is 0 Å². The van der Waals surface area contributed by atoms with Gasteiger partial charge in [-0.15, -0.1) is 0 Å². The number of hydrogen-bond acceptors (Lipinski definition) is 1. The molecule has 0 aliphatic heterocycles. The van der Waals surface area contributed by atoms with Crippen molar-refractivity contribution >= 4 is 5.91 Å². The number of rotatable bonds is 1. The lowest BCUT2D eigenvalue weighted by molar-refractivity contribution is 0.0919. The van der Waals surface area contributed by atoms with Crippen LogP contribution in [0.5, 0.6) is 0 Å². The Balaban J connectivity index is 2.10. The maximum Gasteiger partial charge on any atom is 0.251 e. The predicted molar refractivity (Wildman–Crippen MR) is 86.1 cm³/mol. The van der Waals surface area contributed by atoms with Crippen LogP contribution in [0.15, 0.2) is 54.6 Å². The number of amides is 1. The van der Waals surface area contributed by atoms with Crippen molar-refractivity contribution in [2.75, 3.05) is 0 Å². The fourth-order valence-electron chi connectivity index (χ4n) is 1.78. The molecule has 0 bridgehead atoms. The molecule has 0 atom stereocenters. The van der Waals surface area contributed by atoms with Crippen LogP contribution in [0.1, 0.15) is 42.3 Å². The molecule has 0 radical (unpaired) electrons. The Bertz CT molecular complexity index is 667. The molecule has 2 nitrogen and oxygen atoms in total. The lowest BCUT2D eigenvalue weighted by Gasteiger charge is -2.20. The molecule has 2 rings (SSSR count). The Morgan fingerprint density at radius 2 is 1.38 bits per heavy atom. The van der Waals surface area contributed by atoms with Crippen molar-refractivity contribution in [2.24, 2.45) is 0 Å². The zero-order valence-electron chi connectivity index (χ0n) is 12.6. The topological polar surface area (TPSA) is 29.1 Å². The van der Waals surface area contributed by atoms with E-state index in [4.69, 9.17) is 0 Å². The fourth-order valence-corrected chi connectivity index (χ4v) is 1.78. The minimum absolute atomic E-state index is 0.0648. The quantitative estimate of drug-likeness (QED) is 0.793. The molecule has 2 aromatic carbocycles. The molecule has 0 unspecified atom stereocenters. The third kappa shape index (κ3) is 4.81. The smallest absolute Gasteiger partial charge is 0.251 e. The van der Waals surface area contributed by atoms with E-state index in [1.54, 1.807) is 12.1 Å². The average Bonchev–Trinajstić information content (AvgIpc) is 2.45. The molecule has 1 amide bonds. The van der Waals surface area contributed by atoms with Gasteiger partial charge in [0.1, 0.15) is 0 Å². The number of hydrogen-bond donors (Lipinski definition) is 1. The molecular formula is C19H19NO. The van der Waals surface area contributed by atoms with Crippen molar-refractivity contribution in [3.8, 4) is 11.8 Å². The van der Waals surface area contributed by atoms with Gasteiger partial charge in [-0.25, -0.2) is 0 Å². The maximum absolute atomic E-state index is 12.0. The minimum atomic E-state index is -0.233. The molecule has 1 N–H and O–H groups in total. The first-order chi connectivity index (χ1) is 9.94. The van der Waals surface area contributed by atoms with E-state index >= 15 is 0 Å². The summed E-state index contributed by atoms with van der Waals surface area (Å²) in [5.41, 5.74) is 2.29. The molecule has 0 aromatic heterocycles. The van der Waals surface area contributed by atoms with Gasteiger partial charge in [0.15, 0.2) is 0 Å². The van der Waals surface area contributed by atoms with Crippen molar-refractivity contribution in [2.45, 2.75) is 26.3 Å². The molecule has 0 saturated carbocycles. The Morgan fingerprint density at radius 1 is 0.857 bits per heavy atom. The summed E-state index contributed by atoms with van der Waals surface area (Å²) in [6, 6.07) is 17.2. The van der Waals surface area contributed by atoms with Gasteiger partial charge in [0.05, 0.1) is 0 Å². The standard InChI is InChI=1S/C19H19NO/c1-19(2,3)20-18(21)17-13-11-16(12-14-17)10-9-15-7-5-4-6-8-15/h4-8,11-14H,1-3H3,(H,20,21). The van der Waals surface area contributed by atoms with Crippen LogP contribution < -0.4 is 5.32 Å². The molecule has 2 aromatic rings. The normalized spacial score (nSPS) is 10.4. The van der Waals surface area contributed by atoms with Crippen molar-refractivity contribution in [1.82, 2.24) is 5.32 Å². The van der Waals surface area contributed by atoms with Gasteiger partial charge in [0.25, 0.3) is 5.91 Å². The summed E-state index contributed by atoms with van der Waals surface area (Å²) in [7, 11) is 0. The number of carbonyl (C=O) groups excluding carboxylic acids is 1. The number of nitrogens with one attached hydrogen (secondary N) is 1. The lowest BCUT2D eigenvalue weighted by Crippen LogP contribution is -2.40. The van der Waals surface area contributed by atoms with Crippen LogP contribution in [0.25, 0.3) is 0 Å². The molecule has 0 aliphatic carbocycles. The van der Waals surface area contributed by atoms with Gasteiger partial charge in [-0.2, -0.15) is 0 Å². The van der Waals surface area contributed by atoms with Crippen LogP contribution >= 0.6 is 0 Å². The van der Waals surface area contributed by atoms with Crippen LogP contribution in [-0.2, 0) is 0 Å². The molecule has 2 heteroatoms. The molecule has 0 heterocycles. The first-order valence-electron chi connectivity index (χ1n) is 6.94. The summed E-state index contributed by atoms with van der Waals surface area (Å²) < 4.78 is 0. The minimum Gasteiger partial charge on any atom is -0.347 e.